The van der Waals surface area contributed by atoms with Crippen molar-refractivity contribution < 1.29 is 28.2 Å². The molecule has 0 aliphatic carbocycles. The molecule has 1 fully saturated rings. The van der Waals surface area contributed by atoms with E-state index < -0.39 is 5.82 Å². The monoisotopic (exact) mass is 512 g/mol. The van der Waals surface area contributed by atoms with Gasteiger partial charge in [-0.15, -0.1) is 0 Å². The molecule has 5 rings (SSSR count). The van der Waals surface area contributed by atoms with Crippen molar-refractivity contribution in [1.29, 1.82) is 0 Å². The Bertz CT molecular complexity index is 1140. The Hall–Kier alpha value is -3.66. The molecule has 2 aromatic rings. The first-order valence-corrected chi connectivity index (χ1v) is 12.7. The van der Waals surface area contributed by atoms with Gasteiger partial charge in [0.25, 0.3) is 5.91 Å². The van der Waals surface area contributed by atoms with Crippen LogP contribution in [0.1, 0.15) is 48.0 Å². The number of carbonyl (C=O) groups excluding carboxylic acids is 3. The second kappa shape index (κ2) is 12.5. The van der Waals surface area contributed by atoms with Crippen molar-refractivity contribution in [1.82, 2.24) is 20.9 Å². The summed E-state index contributed by atoms with van der Waals surface area (Å²) in [6.07, 6.45) is 2.98. The largest absolute Gasteiger partial charge is 0.493 e. The summed E-state index contributed by atoms with van der Waals surface area (Å²) in [6.45, 7) is 2.03. The Morgan fingerprint density at radius 3 is 2.68 bits per heavy atom. The Balaban J connectivity index is 1.56. The van der Waals surface area contributed by atoms with Crippen molar-refractivity contribution in [2.24, 2.45) is 0 Å². The second-order valence-electron chi connectivity index (χ2n) is 9.15. The minimum atomic E-state index is -0.514. The molecule has 198 valence electrons. The van der Waals surface area contributed by atoms with E-state index in [0.717, 1.165) is 19.4 Å². The van der Waals surface area contributed by atoms with Crippen LogP contribution in [0.2, 0.25) is 0 Å². The first-order valence-electron chi connectivity index (χ1n) is 12.7. The molecule has 3 aliphatic rings. The van der Waals surface area contributed by atoms with E-state index in [9.17, 15) is 18.8 Å². The number of hydrogen-bond acceptors (Lipinski definition) is 6. The molecule has 0 aromatic heterocycles. The quantitative estimate of drug-likeness (QED) is 0.571. The third kappa shape index (κ3) is 6.76. The van der Waals surface area contributed by atoms with Crippen LogP contribution in [0.3, 0.4) is 0 Å². The van der Waals surface area contributed by atoms with Gasteiger partial charge in [0.1, 0.15) is 11.6 Å². The average Bonchev–Trinajstić information content (AvgIpc) is 3.44. The predicted molar refractivity (Wildman–Crippen MR) is 135 cm³/mol. The van der Waals surface area contributed by atoms with Crippen LogP contribution in [0.25, 0.3) is 0 Å². The number of amides is 3. The summed E-state index contributed by atoms with van der Waals surface area (Å²) in [7, 11) is 1.46. The molecule has 3 heterocycles. The SMILES string of the molecule is COc1cc2ccc1Oc1cccc(F)c1CNC(=O)CCCN(C(=O)[C@H]1CCCN1)CCCNC2=O. The number of fused-ring (bicyclic) bond motifs is 13. The molecule has 10 heteroatoms. The molecule has 0 saturated carbocycles. The molecule has 3 aliphatic heterocycles. The van der Waals surface area contributed by atoms with E-state index in [1.165, 1.54) is 19.2 Å². The highest BCUT2D eigenvalue weighted by Crippen LogP contribution is 2.34. The van der Waals surface area contributed by atoms with Crippen LogP contribution in [-0.4, -0.2) is 62.0 Å². The summed E-state index contributed by atoms with van der Waals surface area (Å²) in [5.41, 5.74) is 0.582. The van der Waals surface area contributed by atoms with Gasteiger partial charge in [-0.1, -0.05) is 6.07 Å². The van der Waals surface area contributed by atoms with Crippen molar-refractivity contribution >= 4 is 17.7 Å². The van der Waals surface area contributed by atoms with Gasteiger partial charge in [-0.05, 0) is 62.6 Å². The highest BCUT2D eigenvalue weighted by Gasteiger charge is 2.26. The number of carbonyl (C=O) groups is 3. The smallest absolute Gasteiger partial charge is 0.251 e. The van der Waals surface area contributed by atoms with Crippen molar-refractivity contribution in [3.05, 3.63) is 53.3 Å². The van der Waals surface area contributed by atoms with Crippen LogP contribution in [0, 0.1) is 5.82 Å². The van der Waals surface area contributed by atoms with Crippen molar-refractivity contribution in [2.45, 2.75) is 44.7 Å². The fourth-order valence-corrected chi connectivity index (χ4v) is 4.55. The highest BCUT2D eigenvalue weighted by molar-refractivity contribution is 5.94. The summed E-state index contributed by atoms with van der Waals surface area (Å²) in [4.78, 5) is 40.1. The van der Waals surface area contributed by atoms with Gasteiger partial charge in [-0.3, -0.25) is 14.4 Å². The number of nitrogens with zero attached hydrogens (tertiary/aromatic N) is 1. The highest BCUT2D eigenvalue weighted by atomic mass is 19.1. The number of rotatable bonds is 2. The molecule has 1 atom stereocenters. The minimum absolute atomic E-state index is 0.0172. The first kappa shape index (κ1) is 26.4. The zero-order chi connectivity index (χ0) is 26.2. The summed E-state index contributed by atoms with van der Waals surface area (Å²) < 4.78 is 26.0. The molecule has 0 unspecified atom stereocenters. The Morgan fingerprint density at radius 2 is 1.89 bits per heavy atom. The molecule has 3 N–H and O–H groups in total. The molecule has 2 bridgehead atoms. The number of hydrogen-bond donors (Lipinski definition) is 3. The molecular formula is C27H33FN4O5. The molecule has 37 heavy (non-hydrogen) atoms. The zero-order valence-corrected chi connectivity index (χ0v) is 21.0. The predicted octanol–water partition coefficient (Wildman–Crippen LogP) is 2.74. The maximum atomic E-state index is 14.7. The molecular weight excluding hydrogens is 479 g/mol. The van der Waals surface area contributed by atoms with Gasteiger partial charge in [-0.2, -0.15) is 0 Å². The lowest BCUT2D eigenvalue weighted by molar-refractivity contribution is -0.133. The molecule has 1 saturated heterocycles. The van der Waals surface area contributed by atoms with E-state index in [0.29, 0.717) is 49.5 Å². The topological polar surface area (TPSA) is 109 Å². The van der Waals surface area contributed by atoms with E-state index in [2.05, 4.69) is 16.0 Å². The minimum Gasteiger partial charge on any atom is -0.493 e. The van der Waals surface area contributed by atoms with Crippen LogP contribution in [0.4, 0.5) is 4.39 Å². The van der Waals surface area contributed by atoms with E-state index in [1.54, 1.807) is 29.2 Å². The lowest BCUT2D eigenvalue weighted by atomic mass is 10.1. The van der Waals surface area contributed by atoms with Gasteiger partial charge in [-0.25, -0.2) is 4.39 Å². The summed E-state index contributed by atoms with van der Waals surface area (Å²) in [5.74, 6) is -0.167. The fourth-order valence-electron chi connectivity index (χ4n) is 4.55. The number of nitrogens with one attached hydrogen (secondary N) is 3. The average molecular weight is 513 g/mol. The van der Waals surface area contributed by atoms with Crippen molar-refractivity contribution in [3.8, 4) is 17.2 Å². The van der Waals surface area contributed by atoms with Crippen LogP contribution >= 0.6 is 0 Å². The lowest BCUT2D eigenvalue weighted by Gasteiger charge is -2.26. The molecule has 9 nitrogen and oxygen atoms in total. The second-order valence-corrected chi connectivity index (χ2v) is 9.15. The number of halogens is 1. The normalized spacial score (nSPS) is 19.5. The standard InChI is InChI=1S/C27H33FN4O5/c1-36-24-16-18-10-11-23(24)37-22-8-2-6-20(28)19(22)17-31-25(33)9-4-14-32(15-5-13-30-26(18)34)27(35)21-7-3-12-29-21/h2,6,8,10-11,16,21,29H,3-5,7,9,12-15,17H2,1H3,(H,30,34)(H,31,33)/t21-/m1/s1. The van der Waals surface area contributed by atoms with Gasteiger partial charge >= 0.3 is 0 Å². The molecule has 2 aromatic carbocycles. The maximum Gasteiger partial charge on any atom is 0.251 e. The van der Waals surface area contributed by atoms with Crippen LogP contribution in [0.5, 0.6) is 17.2 Å². The van der Waals surface area contributed by atoms with Crippen molar-refractivity contribution in [2.75, 3.05) is 33.3 Å². The van der Waals surface area contributed by atoms with Crippen molar-refractivity contribution in [3.63, 3.8) is 0 Å². The Kier molecular flexibility index (Phi) is 8.95. The van der Waals surface area contributed by atoms with E-state index >= 15 is 0 Å². The Labute approximate surface area is 215 Å². The van der Waals surface area contributed by atoms with Crippen LogP contribution < -0.4 is 25.4 Å². The van der Waals surface area contributed by atoms with Gasteiger partial charge in [0.2, 0.25) is 11.8 Å². The van der Waals surface area contributed by atoms with E-state index in [1.807, 2.05) is 0 Å². The summed E-state index contributed by atoms with van der Waals surface area (Å²) in [5, 5.41) is 8.87. The van der Waals surface area contributed by atoms with Gasteiger partial charge in [0.15, 0.2) is 11.5 Å². The summed E-state index contributed by atoms with van der Waals surface area (Å²) in [6, 6.07) is 8.96. The van der Waals surface area contributed by atoms with Gasteiger partial charge < -0.3 is 30.3 Å². The molecule has 0 spiro atoms. The molecule has 3 amide bonds. The maximum absolute atomic E-state index is 14.7. The third-order valence-electron chi connectivity index (χ3n) is 6.58. The first-order chi connectivity index (χ1) is 18.0. The van der Waals surface area contributed by atoms with E-state index in [-0.39, 0.29) is 48.0 Å². The molecule has 0 radical (unpaired) electrons. The van der Waals surface area contributed by atoms with E-state index in [4.69, 9.17) is 9.47 Å². The number of benzene rings is 2. The van der Waals surface area contributed by atoms with Crippen LogP contribution in [-0.2, 0) is 16.1 Å². The van der Waals surface area contributed by atoms with Gasteiger partial charge in [0, 0.05) is 43.7 Å². The zero-order valence-electron chi connectivity index (χ0n) is 21.0. The fraction of sp³-hybridized carbons (Fsp3) is 0.444. The number of ether oxygens (including phenoxy) is 2. The number of methoxy groups -OCH3 is 1. The summed E-state index contributed by atoms with van der Waals surface area (Å²) >= 11 is 0. The lowest BCUT2D eigenvalue weighted by Crippen LogP contribution is -2.45. The van der Waals surface area contributed by atoms with Gasteiger partial charge in [0.05, 0.1) is 13.2 Å². The van der Waals surface area contributed by atoms with Crippen LogP contribution in [0.15, 0.2) is 36.4 Å². The Morgan fingerprint density at radius 1 is 1.05 bits per heavy atom. The third-order valence-corrected chi connectivity index (χ3v) is 6.58.